The second kappa shape index (κ2) is 16.6. The third-order valence-corrected chi connectivity index (χ3v) is 11.5. The molecule has 2 aromatic heterocycles. The molecule has 0 aliphatic carbocycles. The molecular formula is C25H42ClN5O10P2. The summed E-state index contributed by atoms with van der Waals surface area (Å²) in [6.45, 7) is 2.43. The highest BCUT2D eigenvalue weighted by Crippen LogP contribution is 2.55. The zero-order valence-electron chi connectivity index (χ0n) is 24.1. The lowest BCUT2D eigenvalue weighted by Gasteiger charge is -2.18. The number of amides is 1. The highest BCUT2D eigenvalue weighted by molar-refractivity contribution is 7.72. The number of rotatable bonds is 18. The molecule has 3 rings (SSSR count). The van der Waals surface area contributed by atoms with Gasteiger partial charge in [0.2, 0.25) is 12.7 Å². The van der Waals surface area contributed by atoms with E-state index in [0.29, 0.717) is 0 Å². The van der Waals surface area contributed by atoms with Gasteiger partial charge in [0.25, 0.3) is 0 Å². The van der Waals surface area contributed by atoms with Crippen LogP contribution in [0.25, 0.3) is 11.2 Å². The first-order valence-electron chi connectivity index (χ1n) is 14.5. The fourth-order valence-electron chi connectivity index (χ4n) is 4.94. The third-order valence-electron chi connectivity index (χ3n) is 7.13. The minimum atomic E-state index is -4.74. The van der Waals surface area contributed by atoms with E-state index in [1.54, 1.807) is 0 Å². The summed E-state index contributed by atoms with van der Waals surface area (Å²) in [4.78, 5) is 52.7. The van der Waals surface area contributed by atoms with Crippen LogP contribution in [-0.2, 0) is 18.6 Å². The van der Waals surface area contributed by atoms with Crippen molar-refractivity contribution in [3.05, 3.63) is 11.6 Å². The van der Waals surface area contributed by atoms with E-state index in [0.717, 1.165) is 25.7 Å². The van der Waals surface area contributed by atoms with Gasteiger partial charge >= 0.3 is 13.7 Å². The first-order valence-corrected chi connectivity index (χ1v) is 18.7. The Morgan fingerprint density at radius 1 is 1.02 bits per heavy atom. The molecule has 1 amide bonds. The summed E-state index contributed by atoms with van der Waals surface area (Å²) < 4.78 is 35.6. The Bertz CT molecular complexity index is 1290. The maximum Gasteiger partial charge on any atom is 0.412 e. The smallest absolute Gasteiger partial charge is 0.412 e. The van der Waals surface area contributed by atoms with Gasteiger partial charge in [-0.1, -0.05) is 64.7 Å². The van der Waals surface area contributed by atoms with Crippen molar-refractivity contribution in [3.8, 4) is 0 Å². The van der Waals surface area contributed by atoms with E-state index < -0.39 is 57.7 Å². The molecule has 0 saturated carbocycles. The van der Waals surface area contributed by atoms with Crippen LogP contribution in [0.2, 0.25) is 5.28 Å². The van der Waals surface area contributed by atoms with Gasteiger partial charge in [-0.25, -0.2) is 9.78 Å². The van der Waals surface area contributed by atoms with Gasteiger partial charge in [-0.05, 0) is 24.4 Å². The van der Waals surface area contributed by atoms with Gasteiger partial charge in [0, 0.05) is 6.16 Å². The van der Waals surface area contributed by atoms with E-state index >= 15 is 0 Å². The number of nitrogens with one attached hydrogen (secondary N) is 1. The van der Waals surface area contributed by atoms with E-state index in [4.69, 9.17) is 30.9 Å². The molecule has 1 saturated heterocycles. The molecule has 1 aliphatic rings. The quantitative estimate of drug-likeness (QED) is 0.0737. The standard InChI is InChI=1S/C25H42ClN5O10P2/c1-2-3-4-5-6-7-8-9-10-11-13-40-25(34)29-21-18-22(30-24(26)28-21)31(15-27-18)23-20(33)19(32)17(41-23)12-14-42(35,36)16-43(37,38)39/h15,17,19-20,23,32-33H,2-14,16H2,1H3,(H,35,36)(H2,37,38,39)(H,28,29,30,34). The number of hydrogen-bond donors (Lipinski definition) is 6. The highest BCUT2D eigenvalue weighted by Gasteiger charge is 2.45. The van der Waals surface area contributed by atoms with E-state index in [9.17, 15) is 29.0 Å². The van der Waals surface area contributed by atoms with Crippen molar-refractivity contribution in [1.82, 2.24) is 19.5 Å². The maximum atomic E-state index is 12.4. The number of unbranched alkanes of at least 4 members (excludes halogenated alkanes) is 9. The summed E-state index contributed by atoms with van der Waals surface area (Å²) in [5, 5.41) is 23.4. The number of halogens is 1. The van der Waals surface area contributed by atoms with Crippen molar-refractivity contribution < 1.29 is 48.3 Å². The molecule has 5 unspecified atom stereocenters. The molecule has 3 heterocycles. The van der Waals surface area contributed by atoms with Crippen LogP contribution in [0, 0.1) is 0 Å². The van der Waals surface area contributed by atoms with Crippen molar-refractivity contribution in [2.75, 3.05) is 24.0 Å². The van der Waals surface area contributed by atoms with Crippen LogP contribution in [0.5, 0.6) is 0 Å². The Hall–Kier alpha value is -1.67. The molecule has 43 heavy (non-hydrogen) atoms. The summed E-state index contributed by atoms with van der Waals surface area (Å²) in [6, 6.07) is 0. The zero-order chi connectivity index (χ0) is 31.6. The van der Waals surface area contributed by atoms with Gasteiger partial charge in [-0.15, -0.1) is 0 Å². The Morgan fingerprint density at radius 2 is 1.65 bits per heavy atom. The summed E-state index contributed by atoms with van der Waals surface area (Å²) >= 11 is 6.08. The summed E-state index contributed by atoms with van der Waals surface area (Å²) in [6.07, 6.45) is 5.80. The van der Waals surface area contributed by atoms with Crippen LogP contribution in [0.4, 0.5) is 10.6 Å². The topological polar surface area (TPSA) is 226 Å². The number of nitrogens with zero attached hydrogens (tertiary/aromatic N) is 4. The first kappa shape index (κ1) is 35.8. The average Bonchev–Trinajstić information content (AvgIpc) is 3.45. The fourth-order valence-corrected chi connectivity index (χ4v) is 8.63. The second-order valence-corrected chi connectivity index (χ2v) is 15.8. The SMILES string of the molecule is CCCCCCCCCCCCOC(=O)Nc1nc(Cl)nc2c1ncn2C1OC(CCP(=O)(O)CP(=O)(O)O)C(O)C1O. The summed E-state index contributed by atoms with van der Waals surface area (Å²) in [5.74, 6) is -1.24. The average molecular weight is 670 g/mol. The van der Waals surface area contributed by atoms with Gasteiger partial charge < -0.3 is 34.4 Å². The molecule has 18 heteroatoms. The van der Waals surface area contributed by atoms with Crippen molar-refractivity contribution >= 4 is 49.6 Å². The van der Waals surface area contributed by atoms with Crippen molar-refractivity contribution in [3.63, 3.8) is 0 Å². The van der Waals surface area contributed by atoms with Crippen molar-refractivity contribution in [2.45, 2.75) is 102 Å². The first-order chi connectivity index (χ1) is 20.3. The van der Waals surface area contributed by atoms with Crippen molar-refractivity contribution in [1.29, 1.82) is 0 Å². The number of hydrogen-bond acceptors (Lipinski definition) is 10. The molecule has 2 aromatic rings. The number of ether oxygens (including phenoxy) is 2. The zero-order valence-corrected chi connectivity index (χ0v) is 26.7. The Balaban J connectivity index is 1.53. The van der Waals surface area contributed by atoms with Crippen LogP contribution in [0.3, 0.4) is 0 Å². The Kier molecular flexibility index (Phi) is 13.8. The normalized spacial score (nSPS) is 22.1. The van der Waals surface area contributed by atoms with Crippen LogP contribution in [0.15, 0.2) is 6.33 Å². The molecule has 244 valence electrons. The Morgan fingerprint density at radius 3 is 2.28 bits per heavy atom. The molecule has 6 N–H and O–H groups in total. The molecule has 0 bridgehead atoms. The number of fused-ring (bicyclic) bond motifs is 1. The molecule has 1 fully saturated rings. The van der Waals surface area contributed by atoms with Crippen molar-refractivity contribution in [2.24, 2.45) is 0 Å². The van der Waals surface area contributed by atoms with Crippen LogP contribution in [0.1, 0.15) is 83.8 Å². The number of imidazole rings is 1. The highest BCUT2D eigenvalue weighted by atomic mass is 35.5. The number of aliphatic hydroxyl groups is 2. The van der Waals surface area contributed by atoms with Crippen LogP contribution >= 0.6 is 26.6 Å². The minimum Gasteiger partial charge on any atom is -0.449 e. The molecule has 0 radical (unpaired) electrons. The molecule has 15 nitrogen and oxygen atoms in total. The lowest BCUT2D eigenvalue weighted by atomic mass is 10.1. The second-order valence-electron chi connectivity index (χ2n) is 10.8. The summed E-state index contributed by atoms with van der Waals surface area (Å²) in [5.41, 5.74) is 0.173. The predicted octanol–water partition coefficient (Wildman–Crippen LogP) is 4.36. The number of anilines is 1. The lowest BCUT2D eigenvalue weighted by Crippen LogP contribution is -2.32. The number of aliphatic hydroxyl groups excluding tert-OH is 2. The van der Waals surface area contributed by atoms with E-state index in [1.165, 1.54) is 49.4 Å². The molecule has 5 atom stereocenters. The number of carbonyl (C=O) groups is 1. The van der Waals surface area contributed by atoms with E-state index in [-0.39, 0.29) is 35.3 Å². The maximum absolute atomic E-state index is 12.4. The third kappa shape index (κ3) is 11.3. The van der Waals surface area contributed by atoms with Gasteiger partial charge in [0.1, 0.15) is 18.1 Å². The Labute approximate surface area is 255 Å². The molecule has 0 aromatic carbocycles. The van der Waals surface area contributed by atoms with Gasteiger partial charge in [-0.3, -0.25) is 19.0 Å². The molecule has 1 aliphatic heterocycles. The van der Waals surface area contributed by atoms with Gasteiger partial charge in [-0.2, -0.15) is 9.97 Å². The van der Waals surface area contributed by atoms with Gasteiger partial charge in [0.05, 0.1) is 19.0 Å². The monoisotopic (exact) mass is 669 g/mol. The van der Waals surface area contributed by atoms with Gasteiger partial charge in [0.15, 0.2) is 23.2 Å². The summed E-state index contributed by atoms with van der Waals surface area (Å²) in [7, 11) is -8.96. The van der Waals surface area contributed by atoms with E-state index in [2.05, 4.69) is 27.2 Å². The van der Waals surface area contributed by atoms with E-state index in [1.807, 2.05) is 0 Å². The predicted molar refractivity (Wildman–Crippen MR) is 159 cm³/mol. The van der Waals surface area contributed by atoms with Crippen LogP contribution < -0.4 is 5.32 Å². The number of carbonyl (C=O) groups excluding carboxylic acids is 1. The molecular weight excluding hydrogens is 628 g/mol. The number of aromatic nitrogens is 4. The fraction of sp³-hybridized carbons (Fsp3) is 0.760. The largest absolute Gasteiger partial charge is 0.449 e. The minimum absolute atomic E-state index is 0.0370. The molecule has 0 spiro atoms. The van der Waals surface area contributed by atoms with Crippen LogP contribution in [-0.4, -0.2) is 87.5 Å². The lowest BCUT2D eigenvalue weighted by molar-refractivity contribution is -0.0354.